The van der Waals surface area contributed by atoms with E-state index in [1.54, 1.807) is 14.1 Å². The number of hydrogen-bond acceptors (Lipinski definition) is 3. The van der Waals surface area contributed by atoms with Crippen LogP contribution in [0, 0.1) is 24.4 Å². The molecule has 0 saturated carbocycles. The van der Waals surface area contributed by atoms with Crippen LogP contribution >= 0.6 is 0 Å². The van der Waals surface area contributed by atoms with Gasteiger partial charge < -0.3 is 4.90 Å². The van der Waals surface area contributed by atoms with Gasteiger partial charge in [-0.2, -0.15) is 0 Å². The van der Waals surface area contributed by atoms with Gasteiger partial charge in [-0.05, 0) is 25.5 Å². The van der Waals surface area contributed by atoms with Crippen LogP contribution in [0.2, 0.25) is 0 Å². The zero-order valence-corrected chi connectivity index (χ0v) is 11.6. The van der Waals surface area contributed by atoms with Gasteiger partial charge in [-0.1, -0.05) is 0 Å². The molecule has 0 fully saturated rings. The van der Waals surface area contributed by atoms with Gasteiger partial charge in [-0.25, -0.2) is 13.2 Å². The summed E-state index contributed by atoms with van der Waals surface area (Å²) >= 11 is 0. The molecule has 1 aromatic rings. The van der Waals surface area contributed by atoms with Crippen molar-refractivity contribution in [3.05, 3.63) is 46.4 Å². The first-order valence-electron chi connectivity index (χ1n) is 5.74. The maximum absolute atomic E-state index is 13.7. The van der Waals surface area contributed by atoms with Crippen molar-refractivity contribution < 1.29 is 22.8 Å². The lowest BCUT2D eigenvalue weighted by Gasteiger charge is -2.11. The van der Waals surface area contributed by atoms with Crippen LogP contribution in [0.4, 0.5) is 13.2 Å². The van der Waals surface area contributed by atoms with Gasteiger partial charge in [-0.15, -0.1) is 0 Å². The Kier molecular flexibility index (Phi) is 4.70. The molecule has 0 amide bonds. The summed E-state index contributed by atoms with van der Waals surface area (Å²) in [5.41, 5.74) is -1.18. The highest BCUT2D eigenvalue weighted by Crippen LogP contribution is 2.22. The summed E-state index contributed by atoms with van der Waals surface area (Å²) in [6.45, 7) is 2.34. The summed E-state index contributed by atoms with van der Waals surface area (Å²) in [6.07, 6.45) is 1.21. The molecule has 0 bridgehead atoms. The number of halogens is 3. The Balaban J connectivity index is 3.45. The van der Waals surface area contributed by atoms with E-state index in [9.17, 15) is 22.8 Å². The molecular weight excluding hydrogens is 271 g/mol. The van der Waals surface area contributed by atoms with Gasteiger partial charge in [0.15, 0.2) is 23.2 Å². The van der Waals surface area contributed by atoms with Gasteiger partial charge in [-0.3, -0.25) is 9.59 Å². The van der Waals surface area contributed by atoms with E-state index in [2.05, 4.69) is 0 Å². The molecule has 0 atom stereocenters. The summed E-state index contributed by atoms with van der Waals surface area (Å²) in [7, 11) is 3.14. The number of hydrogen-bond donors (Lipinski definition) is 0. The molecule has 0 heterocycles. The second-order valence-corrected chi connectivity index (χ2v) is 4.57. The van der Waals surface area contributed by atoms with Gasteiger partial charge in [0.2, 0.25) is 5.78 Å². The molecule has 1 rings (SSSR count). The van der Waals surface area contributed by atoms with Crippen molar-refractivity contribution in [3.8, 4) is 0 Å². The first-order chi connectivity index (χ1) is 9.16. The lowest BCUT2D eigenvalue weighted by atomic mass is 9.98. The lowest BCUT2D eigenvalue weighted by Crippen LogP contribution is -2.17. The number of nitrogens with zero attached hydrogens (tertiary/aromatic N) is 1. The molecule has 0 N–H and O–H groups in total. The predicted molar refractivity (Wildman–Crippen MR) is 67.8 cm³/mol. The molecule has 0 saturated heterocycles. The quantitative estimate of drug-likeness (QED) is 0.280. The molecule has 0 unspecified atom stereocenters. The van der Waals surface area contributed by atoms with Crippen LogP contribution in [0.15, 0.2) is 17.8 Å². The van der Waals surface area contributed by atoms with Crippen LogP contribution in [-0.4, -0.2) is 30.6 Å². The highest BCUT2D eigenvalue weighted by molar-refractivity contribution is 6.25. The van der Waals surface area contributed by atoms with E-state index < -0.39 is 34.6 Å². The Hall–Kier alpha value is -2.11. The molecule has 0 aliphatic heterocycles. The Labute approximate surface area is 114 Å². The molecule has 0 radical (unpaired) electrons. The number of carbonyl (C=O) groups is 2. The predicted octanol–water partition coefficient (Wildman–Crippen LogP) is 2.63. The third-order valence-electron chi connectivity index (χ3n) is 2.58. The van der Waals surface area contributed by atoms with Crippen molar-refractivity contribution in [1.29, 1.82) is 0 Å². The number of aryl methyl sites for hydroxylation is 1. The van der Waals surface area contributed by atoms with Gasteiger partial charge in [0.05, 0.1) is 11.1 Å². The highest BCUT2D eigenvalue weighted by atomic mass is 19.2. The average molecular weight is 285 g/mol. The Bertz CT molecular complexity index is 607. The molecule has 108 valence electrons. The smallest absolute Gasteiger partial charge is 0.201 e. The number of rotatable bonds is 4. The van der Waals surface area contributed by atoms with E-state index in [4.69, 9.17) is 0 Å². The largest absolute Gasteiger partial charge is 0.383 e. The van der Waals surface area contributed by atoms with Gasteiger partial charge in [0.1, 0.15) is 0 Å². The molecule has 0 aromatic heterocycles. The van der Waals surface area contributed by atoms with Crippen LogP contribution in [-0.2, 0) is 4.79 Å². The second-order valence-electron chi connectivity index (χ2n) is 4.57. The van der Waals surface area contributed by atoms with Crippen molar-refractivity contribution >= 4 is 11.6 Å². The Morgan fingerprint density at radius 2 is 1.65 bits per heavy atom. The number of carbonyl (C=O) groups excluding carboxylic acids is 2. The van der Waals surface area contributed by atoms with Crippen LogP contribution in [0.3, 0.4) is 0 Å². The molecule has 3 nitrogen and oxygen atoms in total. The molecule has 0 aliphatic carbocycles. The topological polar surface area (TPSA) is 37.4 Å². The minimum atomic E-state index is -1.72. The standard InChI is InChI=1S/C14H14F3NO2/c1-7-5-9(12(16)13(17)11(7)15)14(20)10(8(2)19)6-18(3)4/h5-6H,1-4H3/b10-6+. The third kappa shape index (κ3) is 3.07. The monoisotopic (exact) mass is 285 g/mol. The maximum Gasteiger partial charge on any atom is 0.201 e. The molecular formula is C14H14F3NO2. The molecule has 6 heteroatoms. The fourth-order valence-corrected chi connectivity index (χ4v) is 1.61. The summed E-state index contributed by atoms with van der Waals surface area (Å²) in [5, 5.41) is 0. The summed E-state index contributed by atoms with van der Waals surface area (Å²) in [5.74, 6) is -6.23. The SMILES string of the molecule is CC(=O)/C(=C\N(C)C)C(=O)c1cc(C)c(F)c(F)c1F. The third-order valence-corrected chi connectivity index (χ3v) is 2.58. The summed E-state index contributed by atoms with van der Waals surface area (Å²) in [6, 6.07) is 0.891. The van der Waals surface area contributed by atoms with Crippen molar-refractivity contribution in [2.45, 2.75) is 13.8 Å². The first kappa shape index (κ1) is 15.9. The number of Topliss-reactive ketones (excluding diaryl/α,β-unsaturated/α-hetero) is 2. The van der Waals surface area contributed by atoms with E-state index >= 15 is 0 Å². The molecule has 0 spiro atoms. The van der Waals surface area contributed by atoms with Crippen molar-refractivity contribution in [1.82, 2.24) is 4.90 Å². The molecule has 20 heavy (non-hydrogen) atoms. The Morgan fingerprint density at radius 1 is 1.10 bits per heavy atom. The first-order valence-corrected chi connectivity index (χ1v) is 5.74. The van der Waals surface area contributed by atoms with Crippen LogP contribution < -0.4 is 0 Å². The van der Waals surface area contributed by atoms with Crippen LogP contribution in [0.5, 0.6) is 0 Å². The second kappa shape index (κ2) is 5.90. The Morgan fingerprint density at radius 3 is 2.10 bits per heavy atom. The van der Waals surface area contributed by atoms with Crippen molar-refractivity contribution in [3.63, 3.8) is 0 Å². The molecule has 1 aromatic carbocycles. The van der Waals surface area contributed by atoms with Crippen molar-refractivity contribution in [2.75, 3.05) is 14.1 Å². The fraction of sp³-hybridized carbons (Fsp3) is 0.286. The minimum Gasteiger partial charge on any atom is -0.383 e. The molecule has 0 aliphatic rings. The highest BCUT2D eigenvalue weighted by Gasteiger charge is 2.25. The van der Waals surface area contributed by atoms with E-state index in [1.165, 1.54) is 18.0 Å². The maximum atomic E-state index is 13.7. The summed E-state index contributed by atoms with van der Waals surface area (Å²) < 4.78 is 40.2. The normalized spacial score (nSPS) is 11.4. The summed E-state index contributed by atoms with van der Waals surface area (Å²) in [4.78, 5) is 25.0. The van der Waals surface area contributed by atoms with Crippen molar-refractivity contribution in [2.24, 2.45) is 0 Å². The fourth-order valence-electron chi connectivity index (χ4n) is 1.61. The zero-order chi connectivity index (χ0) is 15.6. The van der Waals surface area contributed by atoms with E-state index in [-0.39, 0.29) is 11.1 Å². The lowest BCUT2D eigenvalue weighted by molar-refractivity contribution is -0.113. The zero-order valence-electron chi connectivity index (χ0n) is 11.6. The van der Waals surface area contributed by atoms with E-state index in [0.717, 1.165) is 13.0 Å². The number of allylic oxidation sites excluding steroid dienone is 1. The van der Waals surface area contributed by atoms with Gasteiger partial charge in [0.25, 0.3) is 0 Å². The number of benzene rings is 1. The average Bonchev–Trinajstić information content (AvgIpc) is 2.36. The van der Waals surface area contributed by atoms with Gasteiger partial charge >= 0.3 is 0 Å². The van der Waals surface area contributed by atoms with E-state index in [1.807, 2.05) is 0 Å². The van der Waals surface area contributed by atoms with Gasteiger partial charge in [0, 0.05) is 20.3 Å². The number of ketones is 2. The minimum absolute atomic E-state index is 0.208. The van der Waals surface area contributed by atoms with Crippen LogP contribution in [0.25, 0.3) is 0 Å². The van der Waals surface area contributed by atoms with Crippen LogP contribution in [0.1, 0.15) is 22.8 Å². The van der Waals surface area contributed by atoms with E-state index in [0.29, 0.717) is 0 Å².